The SMILES string of the molecule is CNCN1CCN(C(=O)COC)CC1. The molecule has 1 saturated heterocycles. The van der Waals surface area contributed by atoms with Gasteiger partial charge in [-0.2, -0.15) is 0 Å². The Bertz CT molecular complexity index is 179. The number of nitrogens with one attached hydrogen (secondary N) is 1. The molecule has 1 N–H and O–H groups in total. The monoisotopic (exact) mass is 201 g/mol. The van der Waals surface area contributed by atoms with E-state index in [1.807, 2.05) is 11.9 Å². The number of carbonyl (C=O) groups is 1. The van der Waals surface area contributed by atoms with Gasteiger partial charge in [0.2, 0.25) is 5.91 Å². The predicted octanol–water partition coefficient (Wildman–Crippen LogP) is -1.05. The van der Waals surface area contributed by atoms with Crippen molar-refractivity contribution >= 4 is 5.91 Å². The second-order valence-corrected chi connectivity index (χ2v) is 3.44. The van der Waals surface area contributed by atoms with Gasteiger partial charge in [0, 0.05) is 40.0 Å². The van der Waals surface area contributed by atoms with E-state index in [4.69, 9.17) is 4.74 Å². The van der Waals surface area contributed by atoms with Crippen molar-refractivity contribution in [3.63, 3.8) is 0 Å². The molecule has 0 aromatic heterocycles. The molecule has 82 valence electrons. The molecule has 1 heterocycles. The maximum atomic E-state index is 11.4. The minimum Gasteiger partial charge on any atom is -0.375 e. The van der Waals surface area contributed by atoms with Gasteiger partial charge in [-0.05, 0) is 7.05 Å². The van der Waals surface area contributed by atoms with Crippen LogP contribution in [0.5, 0.6) is 0 Å². The zero-order valence-corrected chi connectivity index (χ0v) is 8.95. The van der Waals surface area contributed by atoms with E-state index >= 15 is 0 Å². The van der Waals surface area contributed by atoms with E-state index in [1.165, 1.54) is 0 Å². The highest BCUT2D eigenvalue weighted by Gasteiger charge is 2.19. The average molecular weight is 201 g/mol. The molecular weight excluding hydrogens is 182 g/mol. The topological polar surface area (TPSA) is 44.8 Å². The Balaban J connectivity index is 2.24. The van der Waals surface area contributed by atoms with Crippen LogP contribution < -0.4 is 5.32 Å². The van der Waals surface area contributed by atoms with E-state index in [1.54, 1.807) is 7.11 Å². The molecule has 0 aliphatic carbocycles. The van der Waals surface area contributed by atoms with Gasteiger partial charge >= 0.3 is 0 Å². The van der Waals surface area contributed by atoms with Crippen molar-refractivity contribution < 1.29 is 9.53 Å². The van der Waals surface area contributed by atoms with Gasteiger partial charge < -0.3 is 15.0 Å². The number of ether oxygens (including phenoxy) is 1. The summed E-state index contributed by atoms with van der Waals surface area (Å²) in [5.41, 5.74) is 0. The molecular formula is C9H19N3O2. The molecule has 1 aliphatic rings. The summed E-state index contributed by atoms with van der Waals surface area (Å²) in [5.74, 6) is 0.0941. The maximum Gasteiger partial charge on any atom is 0.248 e. The number of nitrogens with zero attached hydrogens (tertiary/aromatic N) is 2. The van der Waals surface area contributed by atoms with Crippen LogP contribution in [0.2, 0.25) is 0 Å². The highest BCUT2D eigenvalue weighted by molar-refractivity contribution is 5.77. The van der Waals surface area contributed by atoms with Crippen molar-refractivity contribution in [2.45, 2.75) is 0 Å². The third-order valence-electron chi connectivity index (χ3n) is 2.37. The van der Waals surface area contributed by atoms with Crippen molar-refractivity contribution in [3.8, 4) is 0 Å². The Morgan fingerprint density at radius 1 is 1.36 bits per heavy atom. The second-order valence-electron chi connectivity index (χ2n) is 3.44. The maximum absolute atomic E-state index is 11.4. The first-order valence-corrected chi connectivity index (χ1v) is 4.91. The molecule has 0 aromatic carbocycles. The fourth-order valence-corrected chi connectivity index (χ4v) is 1.59. The molecule has 0 unspecified atom stereocenters. The summed E-state index contributed by atoms with van der Waals surface area (Å²) in [7, 11) is 3.48. The van der Waals surface area contributed by atoms with Gasteiger partial charge in [-0.15, -0.1) is 0 Å². The highest BCUT2D eigenvalue weighted by atomic mass is 16.5. The summed E-state index contributed by atoms with van der Waals surface area (Å²) in [5, 5.41) is 3.10. The summed E-state index contributed by atoms with van der Waals surface area (Å²) >= 11 is 0. The first-order valence-electron chi connectivity index (χ1n) is 4.91. The number of hydrogen-bond acceptors (Lipinski definition) is 4. The first kappa shape index (κ1) is 11.4. The summed E-state index contributed by atoms with van der Waals surface area (Å²) in [6.07, 6.45) is 0. The lowest BCUT2D eigenvalue weighted by molar-refractivity contribution is -0.136. The molecule has 1 amide bonds. The zero-order chi connectivity index (χ0) is 10.4. The molecule has 0 bridgehead atoms. The molecule has 5 nitrogen and oxygen atoms in total. The number of piperazine rings is 1. The fourth-order valence-electron chi connectivity index (χ4n) is 1.59. The van der Waals surface area contributed by atoms with Crippen molar-refractivity contribution in [1.82, 2.24) is 15.1 Å². The Morgan fingerprint density at radius 3 is 2.50 bits per heavy atom. The molecule has 14 heavy (non-hydrogen) atoms. The van der Waals surface area contributed by atoms with Gasteiger partial charge in [-0.1, -0.05) is 0 Å². The fraction of sp³-hybridized carbons (Fsp3) is 0.889. The largest absolute Gasteiger partial charge is 0.375 e. The van der Waals surface area contributed by atoms with Crippen molar-refractivity contribution in [3.05, 3.63) is 0 Å². The standard InChI is InChI=1S/C9H19N3O2/c1-10-8-11-3-5-12(6-4-11)9(13)7-14-2/h10H,3-8H2,1-2H3. The normalized spacial score (nSPS) is 18.6. The minimum absolute atomic E-state index is 0.0941. The summed E-state index contributed by atoms with van der Waals surface area (Å²) < 4.78 is 4.81. The van der Waals surface area contributed by atoms with Crippen LogP contribution in [0, 0.1) is 0 Å². The number of amides is 1. The van der Waals surface area contributed by atoms with E-state index in [0.29, 0.717) is 0 Å². The van der Waals surface area contributed by atoms with Gasteiger partial charge in [0.05, 0.1) is 0 Å². The van der Waals surface area contributed by atoms with E-state index in [0.717, 1.165) is 32.8 Å². The highest BCUT2D eigenvalue weighted by Crippen LogP contribution is 2.00. The smallest absolute Gasteiger partial charge is 0.248 e. The summed E-state index contributed by atoms with van der Waals surface area (Å²) in [6, 6.07) is 0. The van der Waals surface area contributed by atoms with Gasteiger partial charge in [-0.25, -0.2) is 0 Å². The molecule has 0 radical (unpaired) electrons. The van der Waals surface area contributed by atoms with Crippen LogP contribution in [0.3, 0.4) is 0 Å². The molecule has 1 aliphatic heterocycles. The quantitative estimate of drug-likeness (QED) is 0.630. The van der Waals surface area contributed by atoms with Crippen LogP contribution in [0.4, 0.5) is 0 Å². The van der Waals surface area contributed by atoms with E-state index in [2.05, 4.69) is 10.2 Å². The lowest BCUT2D eigenvalue weighted by Crippen LogP contribution is -2.51. The van der Waals surface area contributed by atoms with Gasteiger partial charge in [0.15, 0.2) is 0 Å². The van der Waals surface area contributed by atoms with Crippen molar-refractivity contribution in [2.24, 2.45) is 0 Å². The average Bonchev–Trinajstić information content (AvgIpc) is 2.20. The summed E-state index contributed by atoms with van der Waals surface area (Å²) in [4.78, 5) is 15.6. The van der Waals surface area contributed by atoms with Crippen LogP contribution in [-0.2, 0) is 9.53 Å². The van der Waals surface area contributed by atoms with Gasteiger partial charge in [0.25, 0.3) is 0 Å². The molecule has 0 aromatic rings. The second kappa shape index (κ2) is 5.95. The van der Waals surface area contributed by atoms with Crippen molar-refractivity contribution in [1.29, 1.82) is 0 Å². The van der Waals surface area contributed by atoms with Crippen LogP contribution >= 0.6 is 0 Å². The molecule has 1 rings (SSSR count). The van der Waals surface area contributed by atoms with E-state index in [9.17, 15) is 4.79 Å². The molecule has 5 heteroatoms. The number of carbonyl (C=O) groups excluding carboxylic acids is 1. The Kier molecular flexibility index (Phi) is 4.86. The Hall–Kier alpha value is -0.650. The Labute approximate surface area is 85.0 Å². The molecule has 1 fully saturated rings. The first-order chi connectivity index (χ1) is 6.77. The van der Waals surface area contributed by atoms with E-state index < -0.39 is 0 Å². The number of methoxy groups -OCH3 is 1. The Morgan fingerprint density at radius 2 is 2.00 bits per heavy atom. The van der Waals surface area contributed by atoms with Crippen LogP contribution in [0.15, 0.2) is 0 Å². The van der Waals surface area contributed by atoms with Crippen LogP contribution in [0.1, 0.15) is 0 Å². The summed E-state index contributed by atoms with van der Waals surface area (Å²) in [6.45, 7) is 4.60. The third kappa shape index (κ3) is 3.25. The minimum atomic E-state index is 0.0941. The predicted molar refractivity (Wildman–Crippen MR) is 54.0 cm³/mol. The zero-order valence-electron chi connectivity index (χ0n) is 8.95. The molecule has 0 atom stereocenters. The lowest BCUT2D eigenvalue weighted by atomic mass is 10.3. The van der Waals surface area contributed by atoms with Gasteiger partial charge in [0.1, 0.15) is 6.61 Å². The number of hydrogen-bond donors (Lipinski definition) is 1. The van der Waals surface area contributed by atoms with Crippen LogP contribution in [-0.4, -0.2) is 69.3 Å². The molecule has 0 spiro atoms. The number of rotatable bonds is 4. The third-order valence-corrected chi connectivity index (χ3v) is 2.37. The van der Waals surface area contributed by atoms with Crippen LogP contribution in [0.25, 0.3) is 0 Å². The van der Waals surface area contributed by atoms with Gasteiger partial charge in [-0.3, -0.25) is 9.69 Å². The lowest BCUT2D eigenvalue weighted by Gasteiger charge is -2.34. The van der Waals surface area contributed by atoms with E-state index in [-0.39, 0.29) is 12.5 Å². The molecule has 0 saturated carbocycles. The van der Waals surface area contributed by atoms with Crippen molar-refractivity contribution in [2.75, 3.05) is 53.6 Å².